The molecule has 1 atom stereocenters. The van der Waals surface area contributed by atoms with Gasteiger partial charge < -0.3 is 15.0 Å². The Labute approximate surface area is 119 Å². The lowest BCUT2D eigenvalue weighted by Gasteiger charge is -2.15. The van der Waals surface area contributed by atoms with Crippen LogP contribution in [0.4, 0.5) is 5.95 Å². The molecule has 0 aromatic carbocycles. The molecule has 0 aliphatic heterocycles. The maximum atomic E-state index is 5.57. The molecule has 0 saturated heterocycles. The zero-order valence-corrected chi connectivity index (χ0v) is 12.2. The smallest absolute Gasteiger partial charge is 0.226 e. The number of nitrogens with one attached hydrogen (secondary N) is 2. The van der Waals surface area contributed by atoms with Crippen molar-refractivity contribution in [3.8, 4) is 5.88 Å². The van der Waals surface area contributed by atoms with Crippen LogP contribution in [0, 0.1) is 6.92 Å². The molecule has 0 spiro atoms. The molecule has 108 valence electrons. The van der Waals surface area contributed by atoms with E-state index in [2.05, 4.69) is 39.1 Å². The number of rotatable bonds is 7. The fourth-order valence-corrected chi connectivity index (χ4v) is 1.87. The number of H-pyrrole nitrogens is 1. The Morgan fingerprint density at radius 3 is 2.85 bits per heavy atom. The fraction of sp³-hybridized carbons (Fsp3) is 0.500. The van der Waals surface area contributed by atoms with E-state index in [1.807, 2.05) is 19.2 Å². The van der Waals surface area contributed by atoms with Crippen molar-refractivity contribution >= 4 is 5.95 Å². The van der Waals surface area contributed by atoms with Gasteiger partial charge in [0.2, 0.25) is 11.8 Å². The van der Waals surface area contributed by atoms with Crippen molar-refractivity contribution in [2.45, 2.75) is 39.7 Å². The van der Waals surface area contributed by atoms with Crippen LogP contribution in [-0.4, -0.2) is 26.5 Å². The third-order valence-electron chi connectivity index (χ3n) is 2.85. The number of aromatic amines is 1. The van der Waals surface area contributed by atoms with Gasteiger partial charge in [0.1, 0.15) is 5.82 Å². The van der Waals surface area contributed by atoms with E-state index < -0.39 is 0 Å². The summed E-state index contributed by atoms with van der Waals surface area (Å²) >= 11 is 0. The quantitative estimate of drug-likeness (QED) is 0.812. The Kier molecular flexibility index (Phi) is 4.92. The van der Waals surface area contributed by atoms with Gasteiger partial charge >= 0.3 is 0 Å². The first-order chi connectivity index (χ1) is 9.72. The number of hydrogen-bond donors (Lipinski definition) is 2. The summed E-state index contributed by atoms with van der Waals surface area (Å²) in [5.41, 5.74) is 0.878. The average molecular weight is 275 g/mol. The van der Waals surface area contributed by atoms with Gasteiger partial charge in [0, 0.05) is 24.2 Å². The van der Waals surface area contributed by atoms with Crippen molar-refractivity contribution in [2.75, 3.05) is 11.9 Å². The Bertz CT molecular complexity index is 526. The molecular weight excluding hydrogens is 254 g/mol. The van der Waals surface area contributed by atoms with E-state index in [-0.39, 0.29) is 6.04 Å². The lowest BCUT2D eigenvalue weighted by molar-refractivity contribution is 0.304. The second-order valence-corrected chi connectivity index (χ2v) is 4.60. The maximum absolute atomic E-state index is 5.57. The molecule has 2 heterocycles. The molecule has 0 aliphatic rings. The number of nitrogens with zero attached hydrogens (tertiary/aromatic N) is 3. The van der Waals surface area contributed by atoms with Gasteiger partial charge in [-0.3, -0.25) is 0 Å². The highest BCUT2D eigenvalue weighted by Gasteiger charge is 2.13. The molecule has 6 heteroatoms. The average Bonchev–Trinajstić information content (AvgIpc) is 2.96. The Morgan fingerprint density at radius 1 is 1.35 bits per heavy atom. The molecule has 2 N–H and O–H groups in total. The number of anilines is 1. The Hall–Kier alpha value is -2.11. The van der Waals surface area contributed by atoms with Gasteiger partial charge in [0.25, 0.3) is 0 Å². The molecule has 1 unspecified atom stereocenters. The summed E-state index contributed by atoms with van der Waals surface area (Å²) in [6.45, 7) is 6.74. The highest BCUT2D eigenvalue weighted by Crippen LogP contribution is 2.19. The van der Waals surface area contributed by atoms with Crippen LogP contribution < -0.4 is 10.1 Å². The minimum Gasteiger partial charge on any atom is -0.478 e. The molecule has 2 aromatic heterocycles. The van der Waals surface area contributed by atoms with Crippen LogP contribution in [0.25, 0.3) is 0 Å². The molecular formula is C14H21N5O. The number of aromatic nitrogens is 4. The van der Waals surface area contributed by atoms with Gasteiger partial charge in [-0.2, -0.15) is 4.98 Å². The first-order valence-electron chi connectivity index (χ1n) is 6.97. The first kappa shape index (κ1) is 14.3. The number of ether oxygens (including phenoxy) is 1. The van der Waals surface area contributed by atoms with Gasteiger partial charge in [-0.1, -0.05) is 13.8 Å². The number of aryl methyl sites for hydroxylation is 1. The lowest BCUT2D eigenvalue weighted by Crippen LogP contribution is -2.14. The van der Waals surface area contributed by atoms with Crippen molar-refractivity contribution in [1.29, 1.82) is 0 Å². The SMILES string of the molecule is CCCOc1cc(C)nc(NC(CC)c2ncc[nH]2)n1. The molecule has 6 nitrogen and oxygen atoms in total. The van der Waals surface area contributed by atoms with Gasteiger partial charge in [-0.25, -0.2) is 9.97 Å². The summed E-state index contributed by atoms with van der Waals surface area (Å²) in [4.78, 5) is 16.2. The highest BCUT2D eigenvalue weighted by molar-refractivity contribution is 5.32. The monoisotopic (exact) mass is 275 g/mol. The summed E-state index contributed by atoms with van der Waals surface area (Å²) in [6.07, 6.45) is 5.39. The maximum Gasteiger partial charge on any atom is 0.226 e. The van der Waals surface area contributed by atoms with E-state index in [0.717, 1.165) is 24.4 Å². The van der Waals surface area contributed by atoms with Crippen molar-refractivity contribution in [1.82, 2.24) is 19.9 Å². The standard InChI is InChI=1S/C14H21N5O/c1-4-8-20-12-9-10(3)17-14(19-12)18-11(5-2)13-15-6-7-16-13/h6-7,9,11H,4-5,8H2,1-3H3,(H,15,16)(H,17,18,19). The van der Waals surface area contributed by atoms with E-state index in [1.54, 1.807) is 6.20 Å². The second kappa shape index (κ2) is 6.88. The third-order valence-corrected chi connectivity index (χ3v) is 2.85. The van der Waals surface area contributed by atoms with Crippen LogP contribution in [0.5, 0.6) is 5.88 Å². The summed E-state index contributed by atoms with van der Waals surface area (Å²) in [5, 5.41) is 3.29. The number of imidazole rings is 1. The largest absolute Gasteiger partial charge is 0.478 e. The highest BCUT2D eigenvalue weighted by atomic mass is 16.5. The molecule has 0 fully saturated rings. The van der Waals surface area contributed by atoms with E-state index in [4.69, 9.17) is 4.74 Å². The van der Waals surface area contributed by atoms with E-state index in [1.165, 1.54) is 0 Å². The van der Waals surface area contributed by atoms with Crippen LogP contribution >= 0.6 is 0 Å². The summed E-state index contributed by atoms with van der Waals surface area (Å²) in [5.74, 6) is 2.06. The third kappa shape index (κ3) is 3.69. The van der Waals surface area contributed by atoms with Crippen LogP contribution in [0.1, 0.15) is 44.2 Å². The molecule has 0 radical (unpaired) electrons. The predicted molar refractivity (Wildman–Crippen MR) is 77.8 cm³/mol. The Morgan fingerprint density at radius 2 is 2.20 bits per heavy atom. The first-order valence-corrected chi connectivity index (χ1v) is 6.97. The van der Waals surface area contributed by atoms with Gasteiger partial charge in [0.05, 0.1) is 12.6 Å². The van der Waals surface area contributed by atoms with Crippen LogP contribution in [0.3, 0.4) is 0 Å². The van der Waals surface area contributed by atoms with Gasteiger partial charge in [0.15, 0.2) is 0 Å². The van der Waals surface area contributed by atoms with E-state index >= 15 is 0 Å². The van der Waals surface area contributed by atoms with E-state index in [9.17, 15) is 0 Å². The van der Waals surface area contributed by atoms with Gasteiger partial charge in [-0.05, 0) is 19.8 Å². The van der Waals surface area contributed by atoms with Crippen molar-refractivity contribution in [2.24, 2.45) is 0 Å². The zero-order valence-electron chi connectivity index (χ0n) is 12.2. The van der Waals surface area contributed by atoms with Crippen molar-refractivity contribution in [3.63, 3.8) is 0 Å². The van der Waals surface area contributed by atoms with Crippen LogP contribution in [0.15, 0.2) is 18.5 Å². The molecule has 2 aromatic rings. The lowest BCUT2D eigenvalue weighted by atomic mass is 10.2. The van der Waals surface area contributed by atoms with Crippen LogP contribution in [-0.2, 0) is 0 Å². The second-order valence-electron chi connectivity index (χ2n) is 4.60. The van der Waals surface area contributed by atoms with Crippen molar-refractivity contribution in [3.05, 3.63) is 30.0 Å². The predicted octanol–water partition coefficient (Wildman–Crippen LogP) is 2.86. The molecule has 0 amide bonds. The normalized spacial score (nSPS) is 12.2. The topological polar surface area (TPSA) is 75.7 Å². The van der Waals surface area contributed by atoms with Gasteiger partial charge in [-0.15, -0.1) is 0 Å². The van der Waals surface area contributed by atoms with Crippen LogP contribution in [0.2, 0.25) is 0 Å². The zero-order chi connectivity index (χ0) is 14.4. The Balaban J connectivity index is 2.13. The minimum atomic E-state index is 0.0609. The number of hydrogen-bond acceptors (Lipinski definition) is 5. The summed E-state index contributed by atoms with van der Waals surface area (Å²) < 4.78 is 5.57. The molecule has 0 aliphatic carbocycles. The summed E-state index contributed by atoms with van der Waals surface area (Å²) in [7, 11) is 0. The minimum absolute atomic E-state index is 0.0609. The molecule has 0 saturated carbocycles. The van der Waals surface area contributed by atoms with E-state index in [0.29, 0.717) is 18.4 Å². The van der Waals surface area contributed by atoms with Crippen molar-refractivity contribution < 1.29 is 4.74 Å². The fourth-order valence-electron chi connectivity index (χ4n) is 1.87. The molecule has 0 bridgehead atoms. The summed E-state index contributed by atoms with van der Waals surface area (Å²) in [6, 6.07) is 1.90. The molecule has 20 heavy (non-hydrogen) atoms. The molecule has 2 rings (SSSR count).